The van der Waals surface area contributed by atoms with E-state index >= 15 is 0 Å². The number of halogens is 1. The Labute approximate surface area is 141 Å². The molecule has 0 saturated heterocycles. The third-order valence-corrected chi connectivity index (χ3v) is 3.90. The van der Waals surface area contributed by atoms with Crippen molar-refractivity contribution >= 4 is 5.91 Å². The van der Waals surface area contributed by atoms with Crippen LogP contribution in [0.15, 0.2) is 60.1 Å². The molecule has 2 N–H and O–H groups in total. The summed E-state index contributed by atoms with van der Waals surface area (Å²) in [5.74, 6) is -0.406. The molecule has 24 heavy (non-hydrogen) atoms. The summed E-state index contributed by atoms with van der Waals surface area (Å²) >= 11 is 0. The van der Waals surface area contributed by atoms with Gasteiger partial charge < -0.3 is 15.5 Å². The molecule has 1 amide bonds. The number of amides is 1. The van der Waals surface area contributed by atoms with Gasteiger partial charge in [-0.2, -0.15) is 0 Å². The van der Waals surface area contributed by atoms with E-state index in [1.54, 1.807) is 12.1 Å². The van der Waals surface area contributed by atoms with Gasteiger partial charge in [-0.15, -0.1) is 0 Å². The first-order valence-electron chi connectivity index (χ1n) is 8.03. The zero-order valence-corrected chi connectivity index (χ0v) is 14.1. The smallest absolute Gasteiger partial charge is 0.269 e. The molecule has 1 atom stereocenters. The lowest BCUT2D eigenvalue weighted by atomic mass is 9.97. The molecule has 1 unspecified atom stereocenters. The normalized spacial score (nSPS) is 19.3. The van der Waals surface area contributed by atoms with Crippen LogP contribution in [0.25, 0.3) is 0 Å². The van der Waals surface area contributed by atoms with Crippen molar-refractivity contribution in [1.29, 1.82) is 0 Å². The Kier molecular flexibility index (Phi) is 4.18. The summed E-state index contributed by atoms with van der Waals surface area (Å²) in [6.45, 7) is 6.81. The van der Waals surface area contributed by atoms with Crippen molar-refractivity contribution < 1.29 is 9.18 Å². The van der Waals surface area contributed by atoms with Gasteiger partial charge in [0, 0.05) is 12.7 Å². The number of hydrogen-bond acceptors (Lipinski definition) is 3. The minimum atomic E-state index is -0.276. The number of carbonyl (C=O) groups is 1. The largest absolute Gasteiger partial charge is 0.355 e. The maximum absolute atomic E-state index is 13.2. The Hall–Kier alpha value is -2.56. The summed E-state index contributed by atoms with van der Waals surface area (Å²) in [4.78, 5) is 14.6. The predicted octanol–water partition coefficient (Wildman–Crippen LogP) is 3.19. The molecule has 0 aromatic heterocycles. The second-order valence-corrected chi connectivity index (χ2v) is 7.21. The minimum Gasteiger partial charge on any atom is -0.355 e. The molecule has 1 aromatic carbocycles. The fourth-order valence-electron chi connectivity index (χ4n) is 2.68. The molecule has 2 aliphatic heterocycles. The van der Waals surface area contributed by atoms with Crippen LogP contribution in [0.5, 0.6) is 0 Å². The second kappa shape index (κ2) is 6.15. The highest BCUT2D eigenvalue weighted by atomic mass is 19.1. The molecule has 126 valence electrons. The lowest BCUT2D eigenvalue weighted by Gasteiger charge is -2.26. The monoisotopic (exact) mass is 327 g/mol. The van der Waals surface area contributed by atoms with Crippen LogP contribution in [0.1, 0.15) is 32.5 Å². The summed E-state index contributed by atoms with van der Waals surface area (Å²) < 4.78 is 13.2. The zero-order chi connectivity index (χ0) is 17.3. The van der Waals surface area contributed by atoms with Crippen LogP contribution in [0.4, 0.5) is 4.39 Å². The molecule has 0 aliphatic carbocycles. The van der Waals surface area contributed by atoms with Crippen LogP contribution in [-0.2, 0) is 4.79 Å². The van der Waals surface area contributed by atoms with Crippen LogP contribution in [0, 0.1) is 11.2 Å². The summed E-state index contributed by atoms with van der Waals surface area (Å²) in [6, 6.07) is 6.31. The van der Waals surface area contributed by atoms with Crippen LogP contribution >= 0.6 is 0 Å². The lowest BCUT2D eigenvalue weighted by Crippen LogP contribution is -2.36. The maximum atomic E-state index is 13.2. The van der Waals surface area contributed by atoms with Gasteiger partial charge in [-0.3, -0.25) is 4.79 Å². The number of fused-ring (bicyclic) bond motifs is 1. The van der Waals surface area contributed by atoms with Crippen LogP contribution < -0.4 is 10.6 Å². The molecule has 5 heteroatoms. The third kappa shape index (κ3) is 3.35. The predicted molar refractivity (Wildman–Crippen MR) is 91.9 cm³/mol. The number of carbonyl (C=O) groups excluding carboxylic acids is 1. The first-order chi connectivity index (χ1) is 11.3. The maximum Gasteiger partial charge on any atom is 0.269 e. The highest BCUT2D eigenvalue weighted by Gasteiger charge is 2.34. The van der Waals surface area contributed by atoms with E-state index in [2.05, 4.69) is 31.4 Å². The quantitative estimate of drug-likeness (QED) is 0.896. The molecule has 2 aliphatic rings. The van der Waals surface area contributed by atoms with Gasteiger partial charge in [0.05, 0.1) is 5.70 Å². The van der Waals surface area contributed by atoms with Crippen molar-refractivity contribution in [2.75, 3.05) is 6.54 Å². The van der Waals surface area contributed by atoms with Crippen LogP contribution in [0.3, 0.4) is 0 Å². The third-order valence-electron chi connectivity index (χ3n) is 3.90. The summed E-state index contributed by atoms with van der Waals surface area (Å²) in [6.07, 6.45) is 7.41. The first-order valence-corrected chi connectivity index (χ1v) is 8.03. The van der Waals surface area contributed by atoms with E-state index in [1.807, 2.05) is 29.3 Å². The lowest BCUT2D eigenvalue weighted by molar-refractivity contribution is -0.118. The van der Waals surface area contributed by atoms with E-state index in [0.717, 1.165) is 11.3 Å². The minimum absolute atomic E-state index is 0.0117. The Bertz CT molecular complexity index is 726. The van der Waals surface area contributed by atoms with E-state index in [-0.39, 0.29) is 23.3 Å². The molecule has 4 nitrogen and oxygen atoms in total. The van der Waals surface area contributed by atoms with E-state index in [9.17, 15) is 9.18 Å². The summed E-state index contributed by atoms with van der Waals surface area (Å²) in [7, 11) is 0. The van der Waals surface area contributed by atoms with Crippen LogP contribution in [-0.4, -0.2) is 17.4 Å². The van der Waals surface area contributed by atoms with Crippen molar-refractivity contribution in [2.24, 2.45) is 5.41 Å². The average Bonchev–Trinajstić information content (AvgIpc) is 2.92. The number of hydrogen-bond donors (Lipinski definition) is 2. The van der Waals surface area contributed by atoms with Gasteiger partial charge in [-0.25, -0.2) is 4.39 Å². The Balaban J connectivity index is 1.84. The van der Waals surface area contributed by atoms with E-state index < -0.39 is 0 Å². The number of rotatable bonds is 3. The number of benzene rings is 1. The van der Waals surface area contributed by atoms with Crippen molar-refractivity contribution in [2.45, 2.75) is 26.9 Å². The molecule has 0 fully saturated rings. The van der Waals surface area contributed by atoms with Gasteiger partial charge in [0.2, 0.25) is 0 Å². The molecule has 0 bridgehead atoms. The molecular formula is C19H22FN3O. The van der Waals surface area contributed by atoms with Gasteiger partial charge in [0.15, 0.2) is 0 Å². The number of nitrogens with one attached hydrogen (secondary N) is 2. The number of allylic oxidation sites excluding steroid dienone is 3. The van der Waals surface area contributed by atoms with Crippen molar-refractivity contribution in [3.63, 3.8) is 0 Å². The second-order valence-electron chi connectivity index (χ2n) is 7.21. The van der Waals surface area contributed by atoms with Crippen LogP contribution in [0.2, 0.25) is 0 Å². The Morgan fingerprint density at radius 2 is 1.96 bits per heavy atom. The SMILES string of the molecule is CC(C)(C)CNC(=O)C1=C2C=CC=CN2C(c2ccc(F)cc2)N1. The molecule has 0 saturated carbocycles. The molecular weight excluding hydrogens is 305 g/mol. The fourth-order valence-corrected chi connectivity index (χ4v) is 2.68. The number of nitrogens with zero attached hydrogens (tertiary/aromatic N) is 1. The van der Waals surface area contributed by atoms with E-state index in [4.69, 9.17) is 0 Å². The molecule has 2 heterocycles. The fraction of sp³-hybridized carbons (Fsp3) is 0.316. The van der Waals surface area contributed by atoms with E-state index in [1.165, 1.54) is 12.1 Å². The Morgan fingerprint density at radius 1 is 1.25 bits per heavy atom. The molecule has 0 spiro atoms. The van der Waals surface area contributed by atoms with Gasteiger partial charge in [-0.05, 0) is 35.3 Å². The van der Waals surface area contributed by atoms with Gasteiger partial charge in [0.1, 0.15) is 17.7 Å². The highest BCUT2D eigenvalue weighted by Crippen LogP contribution is 2.33. The van der Waals surface area contributed by atoms with Crippen molar-refractivity contribution in [1.82, 2.24) is 15.5 Å². The van der Waals surface area contributed by atoms with Gasteiger partial charge in [-0.1, -0.05) is 39.0 Å². The molecule has 1 aromatic rings. The van der Waals surface area contributed by atoms with Gasteiger partial charge in [0.25, 0.3) is 5.91 Å². The highest BCUT2D eigenvalue weighted by molar-refractivity contribution is 5.94. The first kappa shape index (κ1) is 16.3. The summed E-state index contributed by atoms with van der Waals surface area (Å²) in [5.41, 5.74) is 2.26. The van der Waals surface area contributed by atoms with Crippen molar-refractivity contribution in [3.8, 4) is 0 Å². The van der Waals surface area contributed by atoms with E-state index in [0.29, 0.717) is 12.2 Å². The van der Waals surface area contributed by atoms with Crippen molar-refractivity contribution in [3.05, 3.63) is 71.5 Å². The topological polar surface area (TPSA) is 44.4 Å². The zero-order valence-electron chi connectivity index (χ0n) is 14.1. The van der Waals surface area contributed by atoms with Gasteiger partial charge >= 0.3 is 0 Å². The standard InChI is InChI=1S/C19H22FN3O/c1-19(2,3)12-21-18(24)16-15-6-4-5-11-23(15)17(22-16)13-7-9-14(20)10-8-13/h4-11,17,22H,12H2,1-3H3,(H,21,24). The summed E-state index contributed by atoms with van der Waals surface area (Å²) in [5, 5.41) is 6.25. The average molecular weight is 327 g/mol. The molecule has 3 rings (SSSR count). The molecule has 0 radical (unpaired) electrons. The Morgan fingerprint density at radius 3 is 2.62 bits per heavy atom.